The van der Waals surface area contributed by atoms with Crippen LogP contribution >= 0.6 is 12.4 Å². The number of rotatable bonds is 2. The summed E-state index contributed by atoms with van der Waals surface area (Å²) >= 11 is 0. The van der Waals surface area contributed by atoms with Crippen LogP contribution in [-0.4, -0.2) is 40.1 Å². The van der Waals surface area contributed by atoms with Crippen LogP contribution in [0.15, 0.2) is 24.3 Å². The van der Waals surface area contributed by atoms with Crippen molar-refractivity contribution >= 4 is 29.2 Å². The molecule has 3 rings (SSSR count). The summed E-state index contributed by atoms with van der Waals surface area (Å²) < 4.78 is 0. The Morgan fingerprint density at radius 3 is 2.80 bits per heavy atom. The lowest BCUT2D eigenvalue weighted by Crippen LogP contribution is -2.43. The Balaban J connectivity index is 0.00000147. The van der Waals surface area contributed by atoms with Crippen LogP contribution in [0.4, 0.5) is 0 Å². The van der Waals surface area contributed by atoms with Crippen molar-refractivity contribution in [1.82, 2.24) is 15.1 Å². The predicted molar refractivity (Wildman–Crippen MR) is 80.8 cm³/mol. The van der Waals surface area contributed by atoms with Gasteiger partial charge in [-0.2, -0.15) is 5.10 Å². The van der Waals surface area contributed by atoms with Crippen molar-refractivity contribution in [2.75, 3.05) is 13.1 Å². The van der Waals surface area contributed by atoms with Crippen molar-refractivity contribution < 1.29 is 4.79 Å². The van der Waals surface area contributed by atoms with Crippen molar-refractivity contribution in [3.63, 3.8) is 0 Å². The summed E-state index contributed by atoms with van der Waals surface area (Å²) in [6.07, 6.45) is 2.18. The van der Waals surface area contributed by atoms with Crippen LogP contribution in [0.25, 0.3) is 10.9 Å². The van der Waals surface area contributed by atoms with Crippen LogP contribution in [0.5, 0.6) is 0 Å². The number of hydrogen-bond donors (Lipinski definition) is 2. The van der Waals surface area contributed by atoms with Crippen molar-refractivity contribution in [1.29, 1.82) is 0 Å². The van der Waals surface area contributed by atoms with Crippen molar-refractivity contribution in [2.45, 2.75) is 25.3 Å². The Morgan fingerprint density at radius 2 is 2.05 bits per heavy atom. The first-order chi connectivity index (χ1) is 9.24. The van der Waals surface area contributed by atoms with Gasteiger partial charge in [0.1, 0.15) is 0 Å². The van der Waals surface area contributed by atoms with Gasteiger partial charge in [0, 0.05) is 24.5 Å². The van der Waals surface area contributed by atoms with Gasteiger partial charge in [-0.05, 0) is 18.9 Å². The molecule has 108 valence electrons. The second kappa shape index (κ2) is 6.24. The Kier molecular flexibility index (Phi) is 4.62. The van der Waals surface area contributed by atoms with Crippen LogP contribution < -0.4 is 5.73 Å². The van der Waals surface area contributed by atoms with E-state index in [4.69, 9.17) is 5.73 Å². The molecule has 0 radical (unpaired) electrons. The zero-order chi connectivity index (χ0) is 13.2. The van der Waals surface area contributed by atoms with Crippen LogP contribution in [0, 0.1) is 0 Å². The topological polar surface area (TPSA) is 75.0 Å². The van der Waals surface area contributed by atoms with E-state index in [1.807, 2.05) is 29.2 Å². The Bertz CT molecular complexity index is 590. The third-order valence-corrected chi connectivity index (χ3v) is 3.76. The smallest absolute Gasteiger partial charge is 0.228 e. The molecular weight excluding hydrogens is 276 g/mol. The number of piperidine rings is 1. The first-order valence-electron chi connectivity index (χ1n) is 6.69. The third-order valence-electron chi connectivity index (χ3n) is 3.76. The van der Waals surface area contributed by atoms with Crippen LogP contribution in [0.2, 0.25) is 0 Å². The summed E-state index contributed by atoms with van der Waals surface area (Å²) in [5.74, 6) is 0.154. The van der Waals surface area contributed by atoms with Crippen LogP contribution in [0.1, 0.15) is 18.5 Å². The molecule has 0 unspecified atom stereocenters. The molecule has 0 spiro atoms. The fourth-order valence-electron chi connectivity index (χ4n) is 2.56. The number of hydrogen-bond acceptors (Lipinski definition) is 3. The summed E-state index contributed by atoms with van der Waals surface area (Å²) in [6, 6.07) is 8.09. The van der Waals surface area contributed by atoms with Gasteiger partial charge < -0.3 is 10.6 Å². The van der Waals surface area contributed by atoms with E-state index in [2.05, 4.69) is 10.2 Å². The summed E-state index contributed by atoms with van der Waals surface area (Å²) in [5, 5.41) is 8.22. The molecule has 1 fully saturated rings. The lowest BCUT2D eigenvalue weighted by Gasteiger charge is -2.30. The second-order valence-electron chi connectivity index (χ2n) is 5.11. The van der Waals surface area contributed by atoms with Gasteiger partial charge in [-0.25, -0.2) is 0 Å². The number of carbonyl (C=O) groups excluding carboxylic acids is 1. The Morgan fingerprint density at radius 1 is 1.35 bits per heavy atom. The quantitative estimate of drug-likeness (QED) is 0.881. The monoisotopic (exact) mass is 294 g/mol. The number of H-pyrrole nitrogens is 1. The van der Waals surface area contributed by atoms with E-state index in [9.17, 15) is 4.79 Å². The van der Waals surface area contributed by atoms with Gasteiger partial charge in [0.05, 0.1) is 17.6 Å². The summed E-state index contributed by atoms with van der Waals surface area (Å²) in [5.41, 5.74) is 7.66. The molecule has 1 aromatic heterocycles. The van der Waals surface area contributed by atoms with Gasteiger partial charge in [-0.3, -0.25) is 9.89 Å². The average Bonchev–Trinajstić information content (AvgIpc) is 2.83. The third kappa shape index (κ3) is 2.94. The summed E-state index contributed by atoms with van der Waals surface area (Å²) in [6.45, 7) is 1.54. The number of para-hydroxylation sites is 1. The van der Waals surface area contributed by atoms with E-state index < -0.39 is 0 Å². The highest BCUT2D eigenvalue weighted by atomic mass is 35.5. The number of amides is 1. The zero-order valence-corrected chi connectivity index (χ0v) is 12.0. The van der Waals surface area contributed by atoms with E-state index in [0.717, 1.165) is 42.5 Å². The number of nitrogens with one attached hydrogen (secondary N) is 1. The molecule has 5 nitrogen and oxygen atoms in total. The maximum atomic E-state index is 12.3. The molecule has 0 atom stereocenters. The highest BCUT2D eigenvalue weighted by molar-refractivity contribution is 5.87. The number of benzene rings is 1. The average molecular weight is 295 g/mol. The Hall–Kier alpha value is -1.59. The highest BCUT2D eigenvalue weighted by Gasteiger charge is 2.21. The van der Waals surface area contributed by atoms with Gasteiger partial charge in [-0.15, -0.1) is 12.4 Å². The number of likely N-dealkylation sites (tertiary alicyclic amines) is 1. The largest absolute Gasteiger partial charge is 0.342 e. The molecule has 1 saturated heterocycles. The minimum absolute atomic E-state index is 0. The number of halogens is 1. The Labute approximate surface area is 123 Å². The van der Waals surface area contributed by atoms with Crippen molar-refractivity contribution in [2.24, 2.45) is 5.73 Å². The predicted octanol–water partition coefficient (Wildman–Crippen LogP) is 1.48. The molecule has 1 amide bonds. The van der Waals surface area contributed by atoms with Gasteiger partial charge in [0.15, 0.2) is 0 Å². The first kappa shape index (κ1) is 14.8. The van der Waals surface area contributed by atoms with E-state index >= 15 is 0 Å². The summed E-state index contributed by atoms with van der Waals surface area (Å²) in [4.78, 5) is 14.2. The molecule has 6 heteroatoms. The van der Waals surface area contributed by atoms with Crippen molar-refractivity contribution in [3.8, 4) is 0 Å². The molecule has 2 heterocycles. The molecule has 2 aromatic rings. The van der Waals surface area contributed by atoms with E-state index in [1.54, 1.807) is 0 Å². The minimum Gasteiger partial charge on any atom is -0.342 e. The number of nitrogens with two attached hydrogens (primary N) is 1. The van der Waals surface area contributed by atoms with Gasteiger partial charge >= 0.3 is 0 Å². The lowest BCUT2D eigenvalue weighted by molar-refractivity contribution is -0.131. The molecule has 1 aliphatic rings. The molecule has 1 aliphatic heterocycles. The fourth-order valence-corrected chi connectivity index (χ4v) is 2.56. The summed E-state index contributed by atoms with van der Waals surface area (Å²) in [7, 11) is 0. The van der Waals surface area contributed by atoms with Gasteiger partial charge in [0.2, 0.25) is 5.91 Å². The second-order valence-corrected chi connectivity index (χ2v) is 5.11. The number of carbonyl (C=O) groups is 1. The van der Waals surface area contributed by atoms with E-state index in [-0.39, 0.29) is 24.4 Å². The molecule has 0 saturated carbocycles. The standard InChI is InChI=1S/C14H18N4O.ClH/c15-10-5-7-18(8-6-10)14(19)9-13-11-3-1-2-4-12(11)16-17-13;/h1-4,10H,5-9,15H2,(H,16,17);1H. The highest BCUT2D eigenvalue weighted by Crippen LogP contribution is 2.17. The molecular formula is C14H19ClN4O. The molecule has 1 aromatic carbocycles. The number of aromatic amines is 1. The van der Waals surface area contributed by atoms with E-state index in [1.165, 1.54) is 0 Å². The number of aromatic nitrogens is 2. The normalized spacial score (nSPS) is 16.1. The fraction of sp³-hybridized carbons (Fsp3) is 0.429. The maximum absolute atomic E-state index is 12.3. The lowest BCUT2D eigenvalue weighted by atomic mass is 10.1. The molecule has 0 aliphatic carbocycles. The molecule has 3 N–H and O–H groups in total. The molecule has 0 bridgehead atoms. The van der Waals surface area contributed by atoms with E-state index in [0.29, 0.717) is 6.42 Å². The zero-order valence-electron chi connectivity index (χ0n) is 11.2. The van der Waals surface area contributed by atoms with Crippen LogP contribution in [-0.2, 0) is 11.2 Å². The SMILES string of the molecule is Cl.NC1CCN(C(=O)Cc2[nH]nc3ccccc23)CC1. The van der Waals surface area contributed by atoms with Gasteiger partial charge in [0.25, 0.3) is 0 Å². The number of fused-ring (bicyclic) bond motifs is 1. The van der Waals surface area contributed by atoms with Gasteiger partial charge in [-0.1, -0.05) is 18.2 Å². The van der Waals surface area contributed by atoms with Crippen molar-refractivity contribution in [3.05, 3.63) is 30.0 Å². The minimum atomic E-state index is 0. The first-order valence-corrected chi connectivity index (χ1v) is 6.69. The molecule has 20 heavy (non-hydrogen) atoms. The number of nitrogens with zero attached hydrogens (tertiary/aromatic N) is 2. The van der Waals surface area contributed by atoms with Crippen LogP contribution in [0.3, 0.4) is 0 Å². The maximum Gasteiger partial charge on any atom is 0.228 e.